The smallest absolute Gasteiger partial charge is 0.124 e. The number of ether oxygens (including phenoxy) is 1. The van der Waals surface area contributed by atoms with Crippen LogP contribution in [0.1, 0.15) is 10.6 Å². The van der Waals surface area contributed by atoms with Crippen molar-refractivity contribution in [3.05, 3.63) is 34.8 Å². The molecule has 0 bridgehead atoms. The predicted octanol–water partition coefficient (Wildman–Crippen LogP) is 2.14. The number of nitrogens with two attached hydrogens (primary N) is 1. The van der Waals surface area contributed by atoms with Crippen molar-refractivity contribution in [1.29, 1.82) is 0 Å². The molecule has 0 atom stereocenters. The molecule has 20 heavy (non-hydrogen) atoms. The Morgan fingerprint density at radius 1 is 1.45 bits per heavy atom. The van der Waals surface area contributed by atoms with Crippen LogP contribution in [0.2, 0.25) is 0 Å². The summed E-state index contributed by atoms with van der Waals surface area (Å²) in [5.74, 6) is 0.875. The Labute approximate surface area is 123 Å². The first-order valence-corrected chi connectivity index (χ1v) is 7.67. The van der Waals surface area contributed by atoms with E-state index in [1.807, 2.05) is 18.2 Å². The van der Waals surface area contributed by atoms with Gasteiger partial charge in [0.25, 0.3) is 0 Å². The summed E-state index contributed by atoms with van der Waals surface area (Å²) in [5, 5.41) is 1.09. The van der Waals surface area contributed by atoms with Gasteiger partial charge in [0.15, 0.2) is 0 Å². The third-order valence-electron chi connectivity index (χ3n) is 3.57. The van der Waals surface area contributed by atoms with E-state index in [2.05, 4.69) is 11.0 Å². The molecule has 0 unspecified atom stereocenters. The largest absolute Gasteiger partial charge is 0.497 e. The van der Waals surface area contributed by atoms with Crippen LogP contribution in [0.4, 0.5) is 0 Å². The van der Waals surface area contributed by atoms with Crippen LogP contribution in [0.15, 0.2) is 24.3 Å². The number of aromatic nitrogens is 1. The van der Waals surface area contributed by atoms with E-state index in [0.717, 1.165) is 48.9 Å². The van der Waals surface area contributed by atoms with Crippen LogP contribution < -0.4 is 10.5 Å². The van der Waals surface area contributed by atoms with Gasteiger partial charge in [-0.15, -0.1) is 11.3 Å². The second-order valence-corrected chi connectivity index (χ2v) is 6.02. The van der Waals surface area contributed by atoms with Crippen molar-refractivity contribution in [3.8, 4) is 16.3 Å². The quantitative estimate of drug-likeness (QED) is 0.937. The van der Waals surface area contributed by atoms with Crippen LogP contribution in [0.25, 0.3) is 10.6 Å². The molecule has 0 saturated carbocycles. The molecule has 106 valence electrons. The molecule has 0 saturated heterocycles. The summed E-state index contributed by atoms with van der Waals surface area (Å²) >= 11 is 1.79. The van der Waals surface area contributed by atoms with Crippen LogP contribution >= 0.6 is 11.3 Å². The molecular formula is C15H19N3OS. The van der Waals surface area contributed by atoms with Gasteiger partial charge in [0.1, 0.15) is 10.8 Å². The Morgan fingerprint density at radius 3 is 3.15 bits per heavy atom. The number of fused-ring (bicyclic) bond motifs is 1. The number of hydrogen-bond donors (Lipinski definition) is 1. The van der Waals surface area contributed by atoms with Crippen LogP contribution in [0.3, 0.4) is 0 Å². The first-order chi connectivity index (χ1) is 9.80. The van der Waals surface area contributed by atoms with Crippen LogP contribution in [-0.2, 0) is 13.0 Å². The molecule has 1 aliphatic heterocycles. The summed E-state index contributed by atoms with van der Waals surface area (Å²) in [6, 6.07) is 8.10. The summed E-state index contributed by atoms with van der Waals surface area (Å²) < 4.78 is 5.28. The maximum absolute atomic E-state index is 5.64. The fourth-order valence-electron chi connectivity index (χ4n) is 2.50. The third kappa shape index (κ3) is 2.70. The SMILES string of the molecule is COc1cccc(-c2nc3c(s2)CN(CCN)CC3)c1. The average Bonchev–Trinajstić information content (AvgIpc) is 2.91. The number of hydrogen-bond acceptors (Lipinski definition) is 5. The fraction of sp³-hybridized carbons (Fsp3) is 0.400. The van der Waals surface area contributed by atoms with Crippen molar-refractivity contribution in [1.82, 2.24) is 9.88 Å². The molecule has 0 fully saturated rings. The van der Waals surface area contributed by atoms with E-state index >= 15 is 0 Å². The number of methoxy groups -OCH3 is 1. The molecule has 1 aliphatic rings. The van der Waals surface area contributed by atoms with E-state index in [0.29, 0.717) is 0 Å². The minimum Gasteiger partial charge on any atom is -0.497 e. The molecule has 1 aromatic carbocycles. The summed E-state index contributed by atoms with van der Waals surface area (Å²) in [7, 11) is 1.69. The maximum atomic E-state index is 5.64. The van der Waals surface area contributed by atoms with Crippen molar-refractivity contribution in [2.75, 3.05) is 26.7 Å². The lowest BCUT2D eigenvalue weighted by atomic mass is 10.2. The van der Waals surface area contributed by atoms with Crippen LogP contribution in [0.5, 0.6) is 5.75 Å². The highest BCUT2D eigenvalue weighted by atomic mass is 32.1. The van der Waals surface area contributed by atoms with Gasteiger partial charge in [-0.05, 0) is 12.1 Å². The highest BCUT2D eigenvalue weighted by molar-refractivity contribution is 7.15. The van der Waals surface area contributed by atoms with Gasteiger partial charge in [0, 0.05) is 43.0 Å². The summed E-state index contributed by atoms with van der Waals surface area (Å²) in [6.07, 6.45) is 1.02. The van der Waals surface area contributed by atoms with Gasteiger partial charge >= 0.3 is 0 Å². The zero-order valence-electron chi connectivity index (χ0n) is 11.6. The number of thiazole rings is 1. The standard InChI is InChI=1S/C15H19N3OS/c1-19-12-4-2-3-11(9-12)15-17-13-5-7-18(8-6-16)10-14(13)20-15/h2-4,9H,5-8,10,16H2,1H3. The minimum atomic E-state index is 0.719. The fourth-order valence-corrected chi connectivity index (χ4v) is 3.65. The minimum absolute atomic E-state index is 0.719. The molecular weight excluding hydrogens is 270 g/mol. The molecule has 4 nitrogen and oxygen atoms in total. The number of rotatable bonds is 4. The molecule has 3 rings (SSSR count). The second kappa shape index (κ2) is 5.91. The van der Waals surface area contributed by atoms with E-state index in [4.69, 9.17) is 15.5 Å². The van der Waals surface area contributed by atoms with Crippen molar-refractivity contribution in [2.45, 2.75) is 13.0 Å². The third-order valence-corrected chi connectivity index (χ3v) is 4.70. The first kappa shape index (κ1) is 13.5. The van der Waals surface area contributed by atoms with Gasteiger partial charge in [0.2, 0.25) is 0 Å². The van der Waals surface area contributed by atoms with Gasteiger partial charge in [-0.1, -0.05) is 12.1 Å². The number of benzene rings is 1. The molecule has 0 radical (unpaired) electrons. The topological polar surface area (TPSA) is 51.4 Å². The van der Waals surface area contributed by atoms with Crippen LogP contribution in [-0.4, -0.2) is 36.6 Å². The second-order valence-electron chi connectivity index (χ2n) is 4.94. The highest BCUT2D eigenvalue weighted by Crippen LogP contribution is 2.32. The monoisotopic (exact) mass is 289 g/mol. The molecule has 1 aromatic heterocycles. The zero-order valence-corrected chi connectivity index (χ0v) is 12.4. The van der Waals surface area contributed by atoms with Gasteiger partial charge in [0.05, 0.1) is 12.8 Å². The molecule has 0 aliphatic carbocycles. The number of nitrogens with zero attached hydrogens (tertiary/aromatic N) is 2. The average molecular weight is 289 g/mol. The Balaban J connectivity index is 1.86. The van der Waals surface area contributed by atoms with Crippen molar-refractivity contribution in [2.24, 2.45) is 5.73 Å². The predicted molar refractivity (Wildman–Crippen MR) is 82.1 cm³/mol. The summed E-state index contributed by atoms with van der Waals surface area (Å²) in [6.45, 7) is 3.72. The lowest BCUT2D eigenvalue weighted by Crippen LogP contribution is -2.33. The highest BCUT2D eigenvalue weighted by Gasteiger charge is 2.20. The molecule has 0 spiro atoms. The van der Waals surface area contributed by atoms with Gasteiger partial charge in [-0.3, -0.25) is 4.90 Å². The zero-order chi connectivity index (χ0) is 13.9. The van der Waals surface area contributed by atoms with Gasteiger partial charge in [-0.2, -0.15) is 0 Å². The van der Waals surface area contributed by atoms with Crippen LogP contribution in [0, 0.1) is 0 Å². The van der Waals surface area contributed by atoms with E-state index in [1.54, 1.807) is 18.4 Å². The maximum Gasteiger partial charge on any atom is 0.124 e. The molecule has 0 amide bonds. The van der Waals surface area contributed by atoms with E-state index in [-0.39, 0.29) is 0 Å². The Morgan fingerprint density at radius 2 is 2.35 bits per heavy atom. The lowest BCUT2D eigenvalue weighted by Gasteiger charge is -2.24. The Bertz CT molecular complexity index is 597. The van der Waals surface area contributed by atoms with Gasteiger partial charge < -0.3 is 10.5 Å². The molecule has 2 N–H and O–H groups in total. The van der Waals surface area contributed by atoms with E-state index in [9.17, 15) is 0 Å². The van der Waals surface area contributed by atoms with Crippen molar-refractivity contribution >= 4 is 11.3 Å². The van der Waals surface area contributed by atoms with Crippen molar-refractivity contribution in [3.63, 3.8) is 0 Å². The van der Waals surface area contributed by atoms with E-state index < -0.39 is 0 Å². The van der Waals surface area contributed by atoms with Gasteiger partial charge in [-0.25, -0.2) is 4.98 Å². The lowest BCUT2D eigenvalue weighted by molar-refractivity contribution is 0.263. The summed E-state index contributed by atoms with van der Waals surface area (Å²) in [4.78, 5) is 8.57. The molecule has 2 heterocycles. The molecule has 5 heteroatoms. The Kier molecular flexibility index (Phi) is 4.00. The summed E-state index contributed by atoms with van der Waals surface area (Å²) in [5.41, 5.74) is 8.02. The Hall–Kier alpha value is -1.43. The normalized spacial score (nSPS) is 15.1. The molecule has 2 aromatic rings. The van der Waals surface area contributed by atoms with E-state index in [1.165, 1.54) is 10.6 Å². The first-order valence-electron chi connectivity index (χ1n) is 6.85. The van der Waals surface area contributed by atoms with Crippen molar-refractivity contribution < 1.29 is 4.74 Å².